The highest BCUT2D eigenvalue weighted by molar-refractivity contribution is 7.99. The van der Waals surface area contributed by atoms with Gasteiger partial charge in [0.05, 0.1) is 12.0 Å². The van der Waals surface area contributed by atoms with Crippen LogP contribution >= 0.6 is 11.8 Å². The van der Waals surface area contributed by atoms with Crippen molar-refractivity contribution in [2.75, 3.05) is 5.75 Å². The molecular formula is C19H20N4O2S. The Balaban J connectivity index is 1.61. The van der Waals surface area contributed by atoms with Crippen LogP contribution in [-0.4, -0.2) is 26.4 Å². The lowest BCUT2D eigenvalue weighted by Gasteiger charge is -2.08. The Morgan fingerprint density at radius 2 is 2.15 bits per heavy atom. The Labute approximate surface area is 156 Å². The van der Waals surface area contributed by atoms with Crippen molar-refractivity contribution in [2.24, 2.45) is 0 Å². The number of amides is 1. The first-order chi connectivity index (χ1) is 12.7. The summed E-state index contributed by atoms with van der Waals surface area (Å²) in [4.78, 5) is 12.2. The fourth-order valence-corrected chi connectivity index (χ4v) is 3.24. The second-order valence-electron chi connectivity index (χ2n) is 5.67. The molecule has 26 heavy (non-hydrogen) atoms. The summed E-state index contributed by atoms with van der Waals surface area (Å²) in [5, 5.41) is 12.0. The van der Waals surface area contributed by atoms with Crippen LogP contribution in [-0.2, 0) is 17.9 Å². The first kappa shape index (κ1) is 18.0. The van der Waals surface area contributed by atoms with E-state index in [2.05, 4.69) is 22.1 Å². The number of furan rings is 1. The van der Waals surface area contributed by atoms with E-state index in [0.717, 1.165) is 11.1 Å². The maximum absolute atomic E-state index is 12.2. The number of thioether (sulfide) groups is 1. The smallest absolute Gasteiger partial charge is 0.230 e. The highest BCUT2D eigenvalue weighted by Gasteiger charge is 2.16. The first-order valence-electron chi connectivity index (χ1n) is 8.21. The number of nitrogens with one attached hydrogen (secondary N) is 1. The zero-order valence-corrected chi connectivity index (χ0v) is 15.3. The predicted octanol–water partition coefficient (Wildman–Crippen LogP) is 3.44. The molecule has 1 aromatic carbocycles. The zero-order valence-electron chi connectivity index (χ0n) is 14.5. The standard InChI is InChI=1S/C19H20N4O2S/c1-3-10-23-18(16-9-6-11-25-16)21-22-19(23)26-13-17(24)20-12-15-8-5-4-7-14(15)2/h3-9,11H,1,10,12-13H2,2H3,(H,20,24). The van der Waals surface area contributed by atoms with Gasteiger partial charge in [-0.2, -0.15) is 0 Å². The average molecular weight is 368 g/mol. The largest absolute Gasteiger partial charge is 0.461 e. The molecule has 0 radical (unpaired) electrons. The van der Waals surface area contributed by atoms with Crippen LogP contribution in [0.25, 0.3) is 11.6 Å². The highest BCUT2D eigenvalue weighted by atomic mass is 32.2. The van der Waals surface area contributed by atoms with Gasteiger partial charge < -0.3 is 9.73 Å². The fraction of sp³-hybridized carbons (Fsp3) is 0.211. The Kier molecular flexibility index (Phi) is 5.91. The van der Waals surface area contributed by atoms with Crippen molar-refractivity contribution >= 4 is 17.7 Å². The summed E-state index contributed by atoms with van der Waals surface area (Å²) in [6.45, 7) is 6.86. The zero-order chi connectivity index (χ0) is 18.4. The van der Waals surface area contributed by atoms with E-state index in [1.165, 1.54) is 11.8 Å². The van der Waals surface area contributed by atoms with Gasteiger partial charge in [-0.15, -0.1) is 16.8 Å². The number of hydrogen-bond acceptors (Lipinski definition) is 5. The van der Waals surface area contributed by atoms with Crippen LogP contribution in [0.2, 0.25) is 0 Å². The van der Waals surface area contributed by atoms with Gasteiger partial charge in [0.2, 0.25) is 11.7 Å². The van der Waals surface area contributed by atoms with Crippen LogP contribution in [0.4, 0.5) is 0 Å². The van der Waals surface area contributed by atoms with Crippen LogP contribution in [0.3, 0.4) is 0 Å². The Morgan fingerprint density at radius 3 is 2.88 bits per heavy atom. The fourth-order valence-electron chi connectivity index (χ4n) is 2.46. The number of carbonyl (C=O) groups is 1. The second-order valence-corrected chi connectivity index (χ2v) is 6.62. The van der Waals surface area contributed by atoms with E-state index in [4.69, 9.17) is 4.42 Å². The number of carbonyl (C=O) groups excluding carboxylic acids is 1. The molecule has 0 spiro atoms. The topological polar surface area (TPSA) is 73.0 Å². The van der Waals surface area contributed by atoms with E-state index < -0.39 is 0 Å². The number of aromatic nitrogens is 3. The minimum absolute atomic E-state index is 0.0500. The molecule has 2 aromatic heterocycles. The lowest BCUT2D eigenvalue weighted by atomic mass is 10.1. The lowest BCUT2D eigenvalue weighted by Crippen LogP contribution is -2.25. The predicted molar refractivity (Wildman–Crippen MR) is 102 cm³/mol. The van der Waals surface area contributed by atoms with Crippen molar-refractivity contribution in [1.29, 1.82) is 0 Å². The molecule has 2 heterocycles. The summed E-state index contributed by atoms with van der Waals surface area (Å²) in [7, 11) is 0. The number of aryl methyl sites for hydroxylation is 1. The number of hydrogen-bond donors (Lipinski definition) is 1. The summed E-state index contributed by atoms with van der Waals surface area (Å²) >= 11 is 1.34. The molecule has 0 saturated carbocycles. The van der Waals surface area contributed by atoms with E-state index >= 15 is 0 Å². The maximum Gasteiger partial charge on any atom is 0.230 e. The highest BCUT2D eigenvalue weighted by Crippen LogP contribution is 2.24. The van der Waals surface area contributed by atoms with Crippen LogP contribution in [0.5, 0.6) is 0 Å². The molecule has 134 valence electrons. The molecule has 0 saturated heterocycles. The summed E-state index contributed by atoms with van der Waals surface area (Å²) < 4.78 is 7.28. The molecular weight excluding hydrogens is 348 g/mol. The van der Waals surface area contributed by atoms with Crippen molar-refractivity contribution < 1.29 is 9.21 Å². The van der Waals surface area contributed by atoms with Crippen molar-refractivity contribution in [2.45, 2.75) is 25.2 Å². The van der Waals surface area contributed by atoms with E-state index in [9.17, 15) is 4.79 Å². The monoisotopic (exact) mass is 368 g/mol. The van der Waals surface area contributed by atoms with Gasteiger partial charge in [-0.3, -0.25) is 9.36 Å². The van der Waals surface area contributed by atoms with Crippen molar-refractivity contribution in [1.82, 2.24) is 20.1 Å². The SMILES string of the molecule is C=CCn1c(SCC(=O)NCc2ccccc2C)nnc1-c1ccco1. The molecule has 0 aliphatic rings. The van der Waals surface area contributed by atoms with Crippen molar-refractivity contribution in [3.05, 3.63) is 66.4 Å². The minimum Gasteiger partial charge on any atom is -0.461 e. The third kappa shape index (κ3) is 4.23. The molecule has 3 aromatic rings. The molecule has 0 atom stereocenters. The van der Waals surface area contributed by atoms with Crippen LogP contribution in [0.15, 0.2) is 64.9 Å². The van der Waals surface area contributed by atoms with Crippen molar-refractivity contribution in [3.8, 4) is 11.6 Å². The van der Waals surface area contributed by atoms with Crippen LogP contribution < -0.4 is 5.32 Å². The normalized spacial score (nSPS) is 10.7. The van der Waals surface area contributed by atoms with Gasteiger partial charge >= 0.3 is 0 Å². The average Bonchev–Trinajstić information content (AvgIpc) is 3.29. The molecule has 0 bridgehead atoms. The summed E-state index contributed by atoms with van der Waals surface area (Å²) in [6.07, 6.45) is 3.35. The van der Waals surface area contributed by atoms with E-state index in [0.29, 0.717) is 29.8 Å². The summed E-state index contributed by atoms with van der Waals surface area (Å²) in [6, 6.07) is 11.6. The molecule has 0 aliphatic carbocycles. The number of allylic oxidation sites excluding steroid dienone is 1. The number of rotatable bonds is 8. The maximum atomic E-state index is 12.2. The van der Waals surface area contributed by atoms with Crippen molar-refractivity contribution in [3.63, 3.8) is 0 Å². The molecule has 3 rings (SSSR count). The Hall–Kier alpha value is -2.80. The molecule has 0 fully saturated rings. The molecule has 0 unspecified atom stereocenters. The summed E-state index contributed by atoms with van der Waals surface area (Å²) in [5.41, 5.74) is 2.27. The summed E-state index contributed by atoms with van der Waals surface area (Å²) in [5.74, 6) is 1.47. The van der Waals surface area contributed by atoms with Gasteiger partial charge in [-0.25, -0.2) is 0 Å². The number of nitrogens with zero attached hydrogens (tertiary/aromatic N) is 3. The molecule has 1 amide bonds. The van der Waals surface area contributed by atoms with E-state index in [1.807, 2.05) is 41.8 Å². The van der Waals surface area contributed by atoms with Gasteiger partial charge in [-0.05, 0) is 30.2 Å². The quantitative estimate of drug-likeness (QED) is 0.487. The van der Waals surface area contributed by atoms with Gasteiger partial charge in [0, 0.05) is 13.1 Å². The first-order valence-corrected chi connectivity index (χ1v) is 9.19. The van der Waals surface area contributed by atoms with Gasteiger partial charge in [0.15, 0.2) is 10.9 Å². The Morgan fingerprint density at radius 1 is 1.31 bits per heavy atom. The Bertz CT molecular complexity index is 887. The lowest BCUT2D eigenvalue weighted by molar-refractivity contribution is -0.118. The third-order valence-corrected chi connectivity index (χ3v) is 4.81. The molecule has 7 heteroatoms. The second kappa shape index (κ2) is 8.53. The van der Waals surface area contributed by atoms with Gasteiger partial charge in [0.25, 0.3) is 0 Å². The molecule has 6 nitrogen and oxygen atoms in total. The van der Waals surface area contributed by atoms with E-state index in [-0.39, 0.29) is 11.7 Å². The minimum atomic E-state index is -0.0500. The van der Waals surface area contributed by atoms with Gasteiger partial charge in [-0.1, -0.05) is 42.1 Å². The van der Waals surface area contributed by atoms with Crippen LogP contribution in [0.1, 0.15) is 11.1 Å². The molecule has 0 aliphatic heterocycles. The van der Waals surface area contributed by atoms with Crippen LogP contribution in [0, 0.1) is 6.92 Å². The van der Waals surface area contributed by atoms with E-state index in [1.54, 1.807) is 18.4 Å². The number of benzene rings is 1. The van der Waals surface area contributed by atoms with Gasteiger partial charge in [0.1, 0.15) is 0 Å². The molecule has 1 N–H and O–H groups in total. The third-order valence-electron chi connectivity index (χ3n) is 3.84.